The molecule has 0 aromatic carbocycles. The van der Waals surface area contributed by atoms with Gasteiger partial charge in [0.2, 0.25) is 0 Å². The molecular formula is C17H26N2O4. The lowest BCUT2D eigenvalue weighted by atomic mass is 10.1. The average Bonchev–Trinajstić information content (AvgIpc) is 2.75. The molecule has 1 aromatic rings. The normalized spacial score (nSPS) is 10.4. The maximum atomic E-state index is 12.5. The van der Waals surface area contributed by atoms with Crippen LogP contribution in [0.25, 0.3) is 0 Å². The van der Waals surface area contributed by atoms with Gasteiger partial charge in [-0.25, -0.2) is 4.79 Å². The first kappa shape index (κ1) is 19.0. The third kappa shape index (κ3) is 4.45. The number of hydrogen-bond acceptors (Lipinski definition) is 4. The smallest absolute Gasteiger partial charge is 0.355 e. The molecule has 0 saturated carbocycles. The number of amides is 1. The average molecular weight is 322 g/mol. The molecular weight excluding hydrogens is 296 g/mol. The highest BCUT2D eigenvalue weighted by molar-refractivity contribution is 6.01. The monoisotopic (exact) mass is 322 g/mol. The quantitative estimate of drug-likeness (QED) is 0.430. The summed E-state index contributed by atoms with van der Waals surface area (Å²) >= 11 is 0. The summed E-state index contributed by atoms with van der Waals surface area (Å²) in [4.78, 5) is 24.7. The lowest BCUT2D eigenvalue weighted by Crippen LogP contribution is -2.26. The van der Waals surface area contributed by atoms with Gasteiger partial charge in [-0.05, 0) is 32.8 Å². The number of methoxy groups -OCH3 is 1. The summed E-state index contributed by atoms with van der Waals surface area (Å²) < 4.78 is 11.8. The highest BCUT2D eigenvalue weighted by Crippen LogP contribution is 2.23. The zero-order valence-electron chi connectivity index (χ0n) is 14.4. The molecule has 1 N–H and O–H groups in total. The molecule has 0 radical (unpaired) electrons. The van der Waals surface area contributed by atoms with E-state index >= 15 is 0 Å². The lowest BCUT2D eigenvalue weighted by molar-refractivity contribution is 0.0513. The number of carbonyl (C=O) groups excluding carboxylic acids is 2. The second-order valence-electron chi connectivity index (χ2n) is 5.16. The standard InChI is InChI=1S/C17H26N2O4/c1-6-10-19-13(4)14(16(20)18-9-8-11-22-5)12(3)15(19)17(21)23-7-2/h6H,1,7-11H2,2-5H3,(H,18,20). The molecule has 6 nitrogen and oxygen atoms in total. The van der Waals surface area contributed by atoms with E-state index in [1.54, 1.807) is 31.6 Å². The Morgan fingerprint density at radius 2 is 2.04 bits per heavy atom. The van der Waals surface area contributed by atoms with E-state index in [1.165, 1.54) is 0 Å². The number of nitrogens with zero attached hydrogens (tertiary/aromatic N) is 1. The first-order valence-corrected chi connectivity index (χ1v) is 7.74. The van der Waals surface area contributed by atoms with Crippen LogP contribution in [0.2, 0.25) is 0 Å². The van der Waals surface area contributed by atoms with Gasteiger partial charge < -0.3 is 19.4 Å². The number of esters is 1. The third-order valence-electron chi connectivity index (χ3n) is 3.59. The molecule has 0 aliphatic carbocycles. The number of hydrogen-bond donors (Lipinski definition) is 1. The van der Waals surface area contributed by atoms with Crippen molar-refractivity contribution in [3.8, 4) is 0 Å². The molecule has 0 spiro atoms. The van der Waals surface area contributed by atoms with Crippen molar-refractivity contribution in [1.29, 1.82) is 0 Å². The van der Waals surface area contributed by atoms with Crippen LogP contribution in [0.5, 0.6) is 0 Å². The van der Waals surface area contributed by atoms with E-state index in [-0.39, 0.29) is 12.5 Å². The Kier molecular flexibility index (Phi) is 7.54. The predicted octanol–water partition coefficient (Wildman–Crippen LogP) is 2.23. The second kappa shape index (κ2) is 9.15. The summed E-state index contributed by atoms with van der Waals surface area (Å²) in [5.74, 6) is -0.613. The van der Waals surface area contributed by atoms with Crippen LogP contribution in [0, 0.1) is 13.8 Å². The molecule has 128 valence electrons. The van der Waals surface area contributed by atoms with Crippen molar-refractivity contribution in [2.24, 2.45) is 0 Å². The molecule has 0 atom stereocenters. The summed E-state index contributed by atoms with van der Waals surface area (Å²) in [5.41, 5.74) is 2.29. The van der Waals surface area contributed by atoms with Crippen LogP contribution in [0.15, 0.2) is 12.7 Å². The molecule has 1 heterocycles. The van der Waals surface area contributed by atoms with Crippen LogP contribution in [-0.4, -0.2) is 43.3 Å². The van der Waals surface area contributed by atoms with Gasteiger partial charge in [0.05, 0.1) is 12.2 Å². The largest absolute Gasteiger partial charge is 0.461 e. The minimum absolute atomic E-state index is 0.190. The maximum absolute atomic E-state index is 12.5. The fourth-order valence-electron chi connectivity index (χ4n) is 2.56. The first-order chi connectivity index (χ1) is 11.0. The highest BCUT2D eigenvalue weighted by atomic mass is 16.5. The zero-order valence-corrected chi connectivity index (χ0v) is 14.4. The number of ether oxygens (including phenoxy) is 2. The molecule has 0 bridgehead atoms. The van der Waals surface area contributed by atoms with Gasteiger partial charge in [0.1, 0.15) is 5.69 Å². The number of allylic oxidation sites excluding steroid dienone is 1. The van der Waals surface area contributed by atoms with Gasteiger partial charge in [0, 0.05) is 32.5 Å². The molecule has 0 unspecified atom stereocenters. The van der Waals surface area contributed by atoms with Gasteiger partial charge in [-0.3, -0.25) is 4.79 Å². The van der Waals surface area contributed by atoms with Crippen LogP contribution in [0.1, 0.15) is 45.4 Å². The van der Waals surface area contributed by atoms with Crippen molar-refractivity contribution in [2.75, 3.05) is 26.9 Å². The van der Waals surface area contributed by atoms with E-state index < -0.39 is 5.97 Å². The fraction of sp³-hybridized carbons (Fsp3) is 0.529. The molecule has 0 aliphatic heterocycles. The van der Waals surface area contributed by atoms with E-state index in [0.29, 0.717) is 36.5 Å². The summed E-state index contributed by atoms with van der Waals surface area (Å²) in [6, 6.07) is 0. The summed E-state index contributed by atoms with van der Waals surface area (Å²) in [5, 5.41) is 2.86. The Labute approximate surface area is 137 Å². The lowest BCUT2D eigenvalue weighted by Gasteiger charge is -2.09. The molecule has 6 heteroatoms. The molecule has 1 amide bonds. The van der Waals surface area contributed by atoms with Gasteiger partial charge in [-0.1, -0.05) is 6.08 Å². The molecule has 1 aromatic heterocycles. The summed E-state index contributed by atoms with van der Waals surface area (Å²) in [7, 11) is 1.62. The Morgan fingerprint density at radius 3 is 2.61 bits per heavy atom. The van der Waals surface area contributed by atoms with Crippen molar-refractivity contribution in [2.45, 2.75) is 33.7 Å². The van der Waals surface area contributed by atoms with Crippen molar-refractivity contribution < 1.29 is 19.1 Å². The second-order valence-corrected chi connectivity index (χ2v) is 5.16. The number of nitrogens with one attached hydrogen (secondary N) is 1. The topological polar surface area (TPSA) is 69.6 Å². The number of carbonyl (C=O) groups is 2. The van der Waals surface area contributed by atoms with Crippen LogP contribution in [-0.2, 0) is 16.0 Å². The molecule has 0 saturated heterocycles. The van der Waals surface area contributed by atoms with E-state index in [1.807, 2.05) is 6.92 Å². The van der Waals surface area contributed by atoms with Gasteiger partial charge in [-0.15, -0.1) is 6.58 Å². The number of rotatable bonds is 9. The maximum Gasteiger partial charge on any atom is 0.355 e. The van der Waals surface area contributed by atoms with Crippen LogP contribution >= 0.6 is 0 Å². The fourth-order valence-corrected chi connectivity index (χ4v) is 2.56. The summed E-state index contributed by atoms with van der Waals surface area (Å²) in [6.07, 6.45) is 2.42. The third-order valence-corrected chi connectivity index (χ3v) is 3.59. The predicted molar refractivity (Wildman–Crippen MR) is 88.9 cm³/mol. The van der Waals surface area contributed by atoms with Gasteiger partial charge in [0.25, 0.3) is 5.91 Å². The molecule has 23 heavy (non-hydrogen) atoms. The van der Waals surface area contributed by atoms with Gasteiger partial charge in [-0.2, -0.15) is 0 Å². The van der Waals surface area contributed by atoms with Gasteiger partial charge >= 0.3 is 5.97 Å². The van der Waals surface area contributed by atoms with Crippen molar-refractivity contribution in [3.05, 3.63) is 35.2 Å². The SMILES string of the molecule is C=CCn1c(C)c(C(=O)NCCCOC)c(C)c1C(=O)OCC. The minimum Gasteiger partial charge on any atom is -0.461 e. The Hall–Kier alpha value is -2.08. The van der Waals surface area contributed by atoms with E-state index in [0.717, 1.165) is 12.1 Å². The van der Waals surface area contributed by atoms with Crippen LogP contribution in [0.3, 0.4) is 0 Å². The Morgan fingerprint density at radius 1 is 1.35 bits per heavy atom. The Balaban J connectivity index is 3.12. The molecule has 1 rings (SSSR count). The zero-order chi connectivity index (χ0) is 17.4. The number of aromatic nitrogens is 1. The molecule has 0 aliphatic rings. The minimum atomic E-state index is -0.423. The van der Waals surface area contributed by atoms with E-state index in [2.05, 4.69) is 11.9 Å². The van der Waals surface area contributed by atoms with Crippen molar-refractivity contribution >= 4 is 11.9 Å². The van der Waals surface area contributed by atoms with Gasteiger partial charge in [0.15, 0.2) is 0 Å². The summed E-state index contributed by atoms with van der Waals surface area (Å²) in [6.45, 7) is 10.9. The van der Waals surface area contributed by atoms with E-state index in [4.69, 9.17) is 9.47 Å². The Bertz CT molecular complexity index is 576. The van der Waals surface area contributed by atoms with Crippen LogP contribution < -0.4 is 5.32 Å². The highest BCUT2D eigenvalue weighted by Gasteiger charge is 2.26. The van der Waals surface area contributed by atoms with Crippen molar-refractivity contribution in [1.82, 2.24) is 9.88 Å². The first-order valence-electron chi connectivity index (χ1n) is 7.74. The van der Waals surface area contributed by atoms with E-state index in [9.17, 15) is 9.59 Å². The molecule has 0 fully saturated rings. The van der Waals surface area contributed by atoms with Crippen LogP contribution in [0.4, 0.5) is 0 Å². The van der Waals surface area contributed by atoms with Crippen molar-refractivity contribution in [3.63, 3.8) is 0 Å².